The number of carbonyl (C=O) groups is 1. The van der Waals surface area contributed by atoms with Crippen molar-refractivity contribution in [3.05, 3.63) is 70.0 Å². The molecule has 180 valence electrons. The lowest BCUT2D eigenvalue weighted by Crippen LogP contribution is -2.48. The van der Waals surface area contributed by atoms with Crippen molar-refractivity contribution in [1.82, 2.24) is 10.3 Å². The number of carbonyl (C=O) groups excluding carboxylic acids is 1. The van der Waals surface area contributed by atoms with Gasteiger partial charge in [-0.3, -0.25) is 4.79 Å². The third-order valence-corrected chi connectivity index (χ3v) is 6.63. The Kier molecular flexibility index (Phi) is 7.36. The summed E-state index contributed by atoms with van der Waals surface area (Å²) in [5, 5.41) is 6.70. The highest BCUT2D eigenvalue weighted by atomic mass is 32.1. The first-order valence-corrected chi connectivity index (χ1v) is 12.6. The van der Waals surface area contributed by atoms with Gasteiger partial charge in [-0.05, 0) is 56.9 Å². The summed E-state index contributed by atoms with van der Waals surface area (Å²) in [4.78, 5) is 17.7. The molecular formula is C27H33N3O3S. The van der Waals surface area contributed by atoms with E-state index in [1.807, 2.05) is 50.4 Å². The molecule has 1 heterocycles. The topological polar surface area (TPSA) is 86.5 Å². The highest BCUT2D eigenvalue weighted by Gasteiger charge is 2.40. The average molecular weight is 480 g/mol. The summed E-state index contributed by atoms with van der Waals surface area (Å²) in [7, 11) is 0. The molecule has 2 aromatic carbocycles. The van der Waals surface area contributed by atoms with Crippen molar-refractivity contribution in [2.24, 2.45) is 5.73 Å². The number of fused-ring (bicyclic) bond motifs is 1. The molecule has 0 fully saturated rings. The van der Waals surface area contributed by atoms with E-state index < -0.39 is 5.60 Å². The number of aromatic nitrogens is 1. The van der Waals surface area contributed by atoms with E-state index in [-0.39, 0.29) is 11.5 Å². The molecule has 0 radical (unpaired) electrons. The summed E-state index contributed by atoms with van der Waals surface area (Å²) >= 11 is 1.60. The lowest BCUT2D eigenvalue weighted by Gasteiger charge is -2.31. The van der Waals surface area contributed by atoms with Crippen molar-refractivity contribution in [1.29, 1.82) is 0 Å². The third kappa shape index (κ3) is 6.03. The van der Waals surface area contributed by atoms with Crippen LogP contribution in [0, 0.1) is 0 Å². The van der Waals surface area contributed by atoms with Crippen LogP contribution in [0.5, 0.6) is 5.75 Å². The Labute approximate surface area is 205 Å². The Hall–Kier alpha value is -2.74. The van der Waals surface area contributed by atoms with Gasteiger partial charge in [0.1, 0.15) is 23.0 Å². The van der Waals surface area contributed by atoms with E-state index in [0.29, 0.717) is 26.1 Å². The predicted octanol–water partition coefficient (Wildman–Crippen LogP) is 4.51. The molecule has 7 heteroatoms. The van der Waals surface area contributed by atoms with Crippen LogP contribution in [0.25, 0.3) is 11.3 Å². The van der Waals surface area contributed by atoms with E-state index >= 15 is 0 Å². The third-order valence-electron chi connectivity index (χ3n) is 5.78. The van der Waals surface area contributed by atoms with Crippen LogP contribution in [-0.2, 0) is 28.9 Å². The van der Waals surface area contributed by atoms with Gasteiger partial charge in [-0.15, -0.1) is 11.3 Å². The van der Waals surface area contributed by atoms with Crippen molar-refractivity contribution in [3.63, 3.8) is 0 Å². The number of nitrogens with two attached hydrogens (primary N) is 1. The number of nitrogens with zero attached hydrogens (tertiary/aromatic N) is 1. The lowest BCUT2D eigenvalue weighted by atomic mass is 9.91. The second-order valence-corrected chi connectivity index (χ2v) is 10.7. The fourth-order valence-electron chi connectivity index (χ4n) is 4.41. The van der Waals surface area contributed by atoms with Gasteiger partial charge < -0.3 is 20.5 Å². The molecule has 1 aliphatic rings. The van der Waals surface area contributed by atoms with Crippen LogP contribution in [0.3, 0.4) is 0 Å². The summed E-state index contributed by atoms with van der Waals surface area (Å²) < 4.78 is 11.5. The van der Waals surface area contributed by atoms with Gasteiger partial charge in [0.05, 0.1) is 12.1 Å². The molecule has 1 aromatic heterocycles. The maximum atomic E-state index is 12.8. The number of para-hydroxylation sites is 1. The van der Waals surface area contributed by atoms with Gasteiger partial charge >= 0.3 is 5.97 Å². The van der Waals surface area contributed by atoms with Crippen LogP contribution in [-0.4, -0.2) is 35.2 Å². The average Bonchev–Trinajstić information content (AvgIpc) is 3.39. The molecule has 3 N–H and O–H groups in total. The molecule has 34 heavy (non-hydrogen) atoms. The van der Waals surface area contributed by atoms with E-state index in [1.165, 1.54) is 11.1 Å². The normalized spacial score (nSPS) is 14.6. The van der Waals surface area contributed by atoms with Gasteiger partial charge in [-0.2, -0.15) is 0 Å². The molecule has 0 bridgehead atoms. The summed E-state index contributed by atoms with van der Waals surface area (Å²) in [5.41, 5.74) is 9.10. The Balaban J connectivity index is 1.50. The standard InChI is InChI=1S/C27H33N3O3S/c1-26(2,3)33-25(31)16-27(14-19-8-4-5-9-20(19)15-27)29-17-24-30-22(18-34-24)21-10-6-7-11-23(21)32-13-12-28/h4-11,18,29H,12-17,28H2,1-3H3. The molecule has 4 rings (SSSR count). The highest BCUT2D eigenvalue weighted by molar-refractivity contribution is 7.09. The first kappa shape index (κ1) is 24.4. The Morgan fingerprint density at radius 1 is 1.12 bits per heavy atom. The number of hydrogen-bond acceptors (Lipinski definition) is 7. The van der Waals surface area contributed by atoms with Gasteiger partial charge in [0.15, 0.2) is 0 Å². The zero-order valence-corrected chi connectivity index (χ0v) is 20.9. The maximum absolute atomic E-state index is 12.8. The molecule has 0 amide bonds. The second kappa shape index (κ2) is 10.3. The van der Waals surface area contributed by atoms with Crippen molar-refractivity contribution in [3.8, 4) is 17.0 Å². The minimum absolute atomic E-state index is 0.182. The van der Waals surface area contributed by atoms with E-state index in [0.717, 1.165) is 34.9 Å². The quantitative estimate of drug-likeness (QED) is 0.439. The maximum Gasteiger partial charge on any atom is 0.308 e. The van der Waals surface area contributed by atoms with Crippen molar-refractivity contribution >= 4 is 17.3 Å². The summed E-state index contributed by atoms with van der Waals surface area (Å²) in [6.07, 6.45) is 1.89. The fourth-order valence-corrected chi connectivity index (χ4v) is 5.15. The summed E-state index contributed by atoms with van der Waals surface area (Å²) in [6, 6.07) is 16.3. The Morgan fingerprint density at radius 2 is 1.79 bits per heavy atom. The zero-order valence-electron chi connectivity index (χ0n) is 20.1. The molecule has 0 spiro atoms. The number of esters is 1. The van der Waals surface area contributed by atoms with E-state index in [9.17, 15) is 4.79 Å². The van der Waals surface area contributed by atoms with Crippen LogP contribution >= 0.6 is 11.3 Å². The number of hydrogen-bond donors (Lipinski definition) is 2. The van der Waals surface area contributed by atoms with Gasteiger partial charge in [0, 0.05) is 29.6 Å². The van der Waals surface area contributed by atoms with Crippen LogP contribution in [0.4, 0.5) is 0 Å². The molecule has 6 nitrogen and oxygen atoms in total. The van der Waals surface area contributed by atoms with Crippen LogP contribution in [0.1, 0.15) is 43.3 Å². The minimum atomic E-state index is -0.507. The Morgan fingerprint density at radius 3 is 2.47 bits per heavy atom. The van der Waals surface area contributed by atoms with Crippen LogP contribution < -0.4 is 15.8 Å². The van der Waals surface area contributed by atoms with Crippen molar-refractivity contribution in [2.75, 3.05) is 13.2 Å². The minimum Gasteiger partial charge on any atom is -0.492 e. The lowest BCUT2D eigenvalue weighted by molar-refractivity contribution is -0.156. The van der Waals surface area contributed by atoms with E-state index in [2.05, 4.69) is 29.6 Å². The number of ether oxygens (including phenoxy) is 2. The smallest absolute Gasteiger partial charge is 0.308 e. The molecule has 1 aliphatic carbocycles. The number of benzene rings is 2. The van der Waals surface area contributed by atoms with Crippen LogP contribution in [0.2, 0.25) is 0 Å². The van der Waals surface area contributed by atoms with Crippen LogP contribution in [0.15, 0.2) is 53.9 Å². The zero-order chi connectivity index (χ0) is 24.2. The van der Waals surface area contributed by atoms with Gasteiger partial charge in [0.25, 0.3) is 0 Å². The van der Waals surface area contributed by atoms with Gasteiger partial charge in [0.2, 0.25) is 0 Å². The van der Waals surface area contributed by atoms with E-state index in [4.69, 9.17) is 20.2 Å². The second-order valence-electron chi connectivity index (χ2n) is 9.78. The van der Waals surface area contributed by atoms with E-state index in [1.54, 1.807) is 11.3 Å². The first-order valence-electron chi connectivity index (χ1n) is 11.7. The molecule has 0 saturated carbocycles. The SMILES string of the molecule is CC(C)(C)OC(=O)CC1(NCc2nc(-c3ccccc3OCCN)cs2)Cc2ccccc2C1. The monoisotopic (exact) mass is 479 g/mol. The Bertz CT molecular complexity index is 1110. The largest absolute Gasteiger partial charge is 0.492 e. The van der Waals surface area contributed by atoms with Crippen molar-refractivity contribution < 1.29 is 14.3 Å². The first-order chi connectivity index (χ1) is 16.3. The molecular weight excluding hydrogens is 446 g/mol. The fraction of sp³-hybridized carbons (Fsp3) is 0.407. The number of thiazole rings is 1. The van der Waals surface area contributed by atoms with Crippen molar-refractivity contribution in [2.45, 2.75) is 57.7 Å². The number of nitrogens with one attached hydrogen (secondary N) is 1. The molecule has 3 aromatic rings. The molecule has 0 atom stereocenters. The summed E-state index contributed by atoms with van der Waals surface area (Å²) in [6.45, 7) is 7.21. The predicted molar refractivity (Wildman–Crippen MR) is 136 cm³/mol. The molecule has 0 aliphatic heterocycles. The van der Waals surface area contributed by atoms with Gasteiger partial charge in [-0.25, -0.2) is 4.98 Å². The highest BCUT2D eigenvalue weighted by Crippen LogP contribution is 2.35. The summed E-state index contributed by atoms with van der Waals surface area (Å²) in [5.74, 6) is 0.601. The number of rotatable bonds is 9. The van der Waals surface area contributed by atoms with Gasteiger partial charge in [-0.1, -0.05) is 36.4 Å². The molecule has 0 unspecified atom stereocenters. The molecule has 0 saturated heterocycles.